The number of rotatable bonds is 12. The molecule has 10 heteroatoms. The highest BCUT2D eigenvalue weighted by Gasteiger charge is 2.44. The van der Waals surface area contributed by atoms with Gasteiger partial charge in [-0.1, -0.05) is 12.5 Å². The number of amides is 3. The van der Waals surface area contributed by atoms with Crippen molar-refractivity contribution in [1.82, 2.24) is 10.2 Å². The Bertz CT molecular complexity index is 991. The topological polar surface area (TPSA) is 102 Å². The van der Waals surface area contributed by atoms with Crippen molar-refractivity contribution in [2.75, 3.05) is 44.4 Å². The normalized spacial score (nSPS) is 20.3. The third-order valence-electron chi connectivity index (χ3n) is 6.49. The van der Waals surface area contributed by atoms with E-state index in [0.29, 0.717) is 51.3 Å². The van der Waals surface area contributed by atoms with Crippen LogP contribution in [0.25, 0.3) is 0 Å². The Hall–Kier alpha value is -2.20. The largest absolute Gasteiger partial charge is 0.490 e. The van der Waals surface area contributed by atoms with Crippen molar-refractivity contribution in [2.24, 2.45) is 5.92 Å². The summed E-state index contributed by atoms with van der Waals surface area (Å²) >= 11 is 0. The smallest absolute Gasteiger partial charge is 0.324 e. The minimum Gasteiger partial charge on any atom is -0.490 e. The van der Waals surface area contributed by atoms with Crippen LogP contribution in [-0.2, 0) is 24.8 Å². The molecule has 0 bridgehead atoms. The molecule has 182 valence electrons. The maximum absolute atomic E-state index is 14.2. The third-order valence-corrected chi connectivity index (χ3v) is 8.40. The van der Waals surface area contributed by atoms with Crippen LogP contribution in [0.2, 0.25) is 0 Å². The molecule has 8 nitrogen and oxygen atoms in total. The molecule has 0 spiro atoms. The van der Waals surface area contributed by atoms with Crippen molar-refractivity contribution < 1.29 is 31.9 Å². The van der Waals surface area contributed by atoms with Crippen molar-refractivity contribution in [2.45, 2.75) is 43.9 Å². The SMILES string of the molecule is O=C1CCN(CCCCCS(=O)(=O)CC2(c3ccc(F)c(OCC4CC4)c3)COC2)C(=O)N1. The first-order valence-electron chi connectivity index (χ1n) is 11.6. The highest BCUT2D eigenvalue weighted by atomic mass is 32.2. The summed E-state index contributed by atoms with van der Waals surface area (Å²) < 4.78 is 50.9. The molecule has 0 radical (unpaired) electrons. The van der Waals surface area contributed by atoms with E-state index in [0.717, 1.165) is 18.4 Å². The van der Waals surface area contributed by atoms with Crippen LogP contribution in [0.4, 0.5) is 9.18 Å². The number of ether oxygens (including phenoxy) is 2. The molecule has 0 unspecified atom stereocenters. The van der Waals surface area contributed by atoms with E-state index < -0.39 is 21.1 Å². The number of hydrogen-bond acceptors (Lipinski definition) is 6. The summed E-state index contributed by atoms with van der Waals surface area (Å²) in [6, 6.07) is 4.22. The minimum absolute atomic E-state index is 0.0473. The summed E-state index contributed by atoms with van der Waals surface area (Å²) in [7, 11) is -3.36. The van der Waals surface area contributed by atoms with Crippen LogP contribution in [0.3, 0.4) is 0 Å². The van der Waals surface area contributed by atoms with Gasteiger partial charge < -0.3 is 14.4 Å². The standard InChI is InChI=1S/C23H31FN2O6S/c24-19-7-6-18(12-20(19)32-13-17-4-5-17)23(14-31-15-23)16-33(29,30)11-3-1-2-9-26-10-8-21(27)25-22(26)28/h6-7,12,17H,1-5,8-11,13-16H2,(H,25,27,28). The number of unbranched alkanes of at least 4 members (excludes halogenated alkanes) is 2. The predicted molar refractivity (Wildman–Crippen MR) is 119 cm³/mol. The lowest BCUT2D eigenvalue weighted by Gasteiger charge is -2.41. The van der Waals surface area contributed by atoms with E-state index in [9.17, 15) is 22.4 Å². The number of halogens is 1. The summed E-state index contributed by atoms with van der Waals surface area (Å²) in [5, 5.41) is 2.28. The van der Waals surface area contributed by atoms with Gasteiger partial charge in [-0.2, -0.15) is 0 Å². The molecule has 4 rings (SSSR count). The highest BCUT2D eigenvalue weighted by molar-refractivity contribution is 7.91. The molecule has 2 heterocycles. The Labute approximate surface area is 193 Å². The van der Waals surface area contributed by atoms with Crippen LogP contribution >= 0.6 is 0 Å². The minimum atomic E-state index is -3.36. The van der Waals surface area contributed by atoms with Crippen molar-refractivity contribution in [3.05, 3.63) is 29.6 Å². The second-order valence-electron chi connectivity index (χ2n) is 9.42. The van der Waals surface area contributed by atoms with Gasteiger partial charge in [-0.05, 0) is 49.3 Å². The van der Waals surface area contributed by atoms with Crippen molar-refractivity contribution in [3.63, 3.8) is 0 Å². The zero-order valence-electron chi connectivity index (χ0n) is 18.7. The molecule has 3 amide bonds. The molecule has 2 saturated heterocycles. The zero-order chi connectivity index (χ0) is 23.5. The summed E-state index contributed by atoms with van der Waals surface area (Å²) in [4.78, 5) is 24.5. The molecule has 3 fully saturated rings. The molecule has 0 atom stereocenters. The van der Waals surface area contributed by atoms with Crippen LogP contribution in [-0.4, -0.2) is 69.7 Å². The van der Waals surface area contributed by atoms with Gasteiger partial charge in [-0.25, -0.2) is 17.6 Å². The molecule has 1 aliphatic carbocycles. The van der Waals surface area contributed by atoms with E-state index in [-0.39, 0.29) is 42.4 Å². The van der Waals surface area contributed by atoms with Crippen LogP contribution in [0.15, 0.2) is 18.2 Å². The molecule has 1 N–H and O–H groups in total. The van der Waals surface area contributed by atoms with Crippen LogP contribution in [0.1, 0.15) is 44.1 Å². The average Bonchev–Trinajstić information content (AvgIpc) is 3.56. The lowest BCUT2D eigenvalue weighted by Crippen LogP contribution is -2.52. The van der Waals surface area contributed by atoms with Crippen LogP contribution < -0.4 is 10.1 Å². The predicted octanol–water partition coefficient (Wildman–Crippen LogP) is 2.41. The Kier molecular flexibility index (Phi) is 7.23. The first kappa shape index (κ1) is 23.9. The van der Waals surface area contributed by atoms with Gasteiger partial charge in [-0.15, -0.1) is 0 Å². The number of hydrogen-bond donors (Lipinski definition) is 1. The van der Waals surface area contributed by atoms with Crippen LogP contribution in [0, 0.1) is 11.7 Å². The van der Waals surface area contributed by atoms with E-state index in [2.05, 4.69) is 5.32 Å². The lowest BCUT2D eigenvalue weighted by molar-refractivity contribution is -0.121. The van der Waals surface area contributed by atoms with Gasteiger partial charge >= 0.3 is 6.03 Å². The van der Waals surface area contributed by atoms with Crippen LogP contribution in [0.5, 0.6) is 5.75 Å². The van der Waals surface area contributed by atoms with Crippen molar-refractivity contribution >= 4 is 21.8 Å². The molecular weight excluding hydrogens is 451 g/mol. The number of carbonyl (C=O) groups excluding carboxylic acids is 2. The molecule has 2 aliphatic heterocycles. The third kappa shape index (κ3) is 6.23. The average molecular weight is 483 g/mol. The summed E-state index contributed by atoms with van der Waals surface area (Å²) in [6.07, 6.45) is 4.32. The number of urea groups is 1. The number of nitrogens with zero attached hydrogens (tertiary/aromatic N) is 1. The van der Waals surface area contributed by atoms with Gasteiger partial charge in [0, 0.05) is 19.5 Å². The van der Waals surface area contributed by atoms with E-state index in [1.54, 1.807) is 17.0 Å². The first-order valence-corrected chi connectivity index (χ1v) is 13.4. The summed E-state index contributed by atoms with van der Waals surface area (Å²) in [5.74, 6) is -0.0492. The van der Waals surface area contributed by atoms with Gasteiger partial charge in [0.15, 0.2) is 21.4 Å². The summed E-state index contributed by atoms with van der Waals surface area (Å²) in [5.41, 5.74) is 0.0537. The fourth-order valence-corrected chi connectivity index (χ4v) is 6.19. The Balaban J connectivity index is 1.27. The Morgan fingerprint density at radius 3 is 2.64 bits per heavy atom. The van der Waals surface area contributed by atoms with E-state index in [1.165, 1.54) is 6.07 Å². The maximum Gasteiger partial charge on any atom is 0.324 e. The van der Waals surface area contributed by atoms with Gasteiger partial charge in [0.2, 0.25) is 5.91 Å². The zero-order valence-corrected chi connectivity index (χ0v) is 19.5. The van der Waals surface area contributed by atoms with Gasteiger partial charge in [0.05, 0.1) is 36.7 Å². The van der Waals surface area contributed by atoms with Gasteiger partial charge in [-0.3, -0.25) is 10.1 Å². The summed E-state index contributed by atoms with van der Waals surface area (Å²) in [6.45, 7) is 1.94. The molecule has 1 aromatic carbocycles. The van der Waals surface area contributed by atoms with E-state index >= 15 is 0 Å². The molecule has 3 aliphatic rings. The number of nitrogens with one attached hydrogen (secondary N) is 1. The quantitative estimate of drug-likeness (QED) is 0.459. The monoisotopic (exact) mass is 482 g/mol. The van der Waals surface area contributed by atoms with E-state index in [1.807, 2.05) is 0 Å². The Morgan fingerprint density at radius 2 is 1.97 bits per heavy atom. The lowest BCUT2D eigenvalue weighted by atomic mass is 9.80. The molecule has 1 aromatic rings. The molecule has 0 aromatic heterocycles. The first-order chi connectivity index (χ1) is 15.8. The fraction of sp³-hybridized carbons (Fsp3) is 0.652. The van der Waals surface area contributed by atoms with Crippen molar-refractivity contribution in [1.29, 1.82) is 0 Å². The molecule has 33 heavy (non-hydrogen) atoms. The number of carbonyl (C=O) groups is 2. The molecule has 1 saturated carbocycles. The van der Waals surface area contributed by atoms with Crippen molar-refractivity contribution in [3.8, 4) is 5.75 Å². The van der Waals surface area contributed by atoms with E-state index in [4.69, 9.17) is 9.47 Å². The fourth-order valence-electron chi connectivity index (χ4n) is 4.22. The van der Waals surface area contributed by atoms with Gasteiger partial charge in [0.1, 0.15) is 0 Å². The number of imide groups is 1. The maximum atomic E-state index is 14.2. The Morgan fingerprint density at radius 1 is 1.18 bits per heavy atom. The number of sulfone groups is 1. The highest BCUT2D eigenvalue weighted by Crippen LogP contribution is 2.37. The molecular formula is C23H31FN2O6S. The van der Waals surface area contributed by atoms with Gasteiger partial charge in [0.25, 0.3) is 0 Å². The second-order valence-corrected chi connectivity index (χ2v) is 11.6. The second kappa shape index (κ2) is 9.97. The number of benzene rings is 1.